The Balaban J connectivity index is 1.25. The lowest BCUT2D eigenvalue weighted by atomic mass is 9.90. The van der Waals surface area contributed by atoms with Crippen molar-refractivity contribution in [3.05, 3.63) is 123 Å². The Morgan fingerprint density at radius 1 is 0.926 bits per heavy atom. The average molecular weight is 745 g/mol. The molecule has 7 rings (SSSR count). The lowest BCUT2D eigenvalue weighted by Gasteiger charge is -2.38. The average Bonchev–Trinajstić information content (AvgIpc) is 3.64. The fourth-order valence-electron chi connectivity index (χ4n) is 7.81. The third-order valence-corrected chi connectivity index (χ3v) is 11.4. The molecule has 2 aromatic heterocycles. The number of halogens is 1. The van der Waals surface area contributed by atoms with Gasteiger partial charge in [0, 0.05) is 78.7 Å². The van der Waals surface area contributed by atoms with Gasteiger partial charge in [-0.25, -0.2) is 0 Å². The fourth-order valence-corrected chi connectivity index (χ4v) is 7.98. The van der Waals surface area contributed by atoms with E-state index in [0.29, 0.717) is 56.7 Å². The minimum absolute atomic E-state index is 0.0236. The maximum Gasteiger partial charge on any atom is 0.264 e. The zero-order chi connectivity index (χ0) is 38.1. The molecular weight excluding hydrogens is 700 g/mol. The van der Waals surface area contributed by atoms with E-state index in [9.17, 15) is 20.0 Å². The highest BCUT2D eigenvalue weighted by Crippen LogP contribution is 2.37. The molecule has 2 aliphatic heterocycles. The van der Waals surface area contributed by atoms with Crippen LogP contribution >= 0.6 is 11.6 Å². The van der Waals surface area contributed by atoms with E-state index in [0.717, 1.165) is 63.4 Å². The van der Waals surface area contributed by atoms with Gasteiger partial charge in [-0.05, 0) is 105 Å². The first-order valence-corrected chi connectivity index (χ1v) is 18.8. The summed E-state index contributed by atoms with van der Waals surface area (Å²) in [6.07, 6.45) is 2.64. The van der Waals surface area contributed by atoms with Gasteiger partial charge in [-0.1, -0.05) is 35.9 Å². The van der Waals surface area contributed by atoms with E-state index in [1.54, 1.807) is 52.9 Å². The second-order valence-corrected chi connectivity index (χ2v) is 14.7. The van der Waals surface area contributed by atoms with Gasteiger partial charge in [0.1, 0.15) is 17.5 Å². The number of carbonyl (C=O) groups is 2. The Hall–Kier alpha value is -5.34. The number of nitriles is 1. The molecule has 3 aromatic carbocycles. The maximum absolute atomic E-state index is 14.9. The number of amides is 2. The first kappa shape index (κ1) is 37.0. The van der Waals surface area contributed by atoms with Gasteiger partial charge < -0.3 is 23.9 Å². The highest BCUT2D eigenvalue weighted by molar-refractivity contribution is 6.31. The molecule has 2 aliphatic rings. The number of ether oxygens (including phenoxy) is 1. The molecule has 278 valence electrons. The van der Waals surface area contributed by atoms with Gasteiger partial charge >= 0.3 is 0 Å². The maximum atomic E-state index is 14.9. The molecule has 1 fully saturated rings. The number of phenolic OH excluding ortho intramolecular Hbond substituents is 1. The van der Waals surface area contributed by atoms with Crippen molar-refractivity contribution in [2.45, 2.75) is 45.7 Å². The van der Waals surface area contributed by atoms with Crippen LogP contribution in [-0.2, 0) is 31.8 Å². The smallest absolute Gasteiger partial charge is 0.264 e. The van der Waals surface area contributed by atoms with E-state index in [-0.39, 0.29) is 23.6 Å². The number of hydrogen-bond donors (Lipinski definition) is 1. The van der Waals surface area contributed by atoms with Crippen molar-refractivity contribution < 1.29 is 19.4 Å². The van der Waals surface area contributed by atoms with Crippen LogP contribution in [0.4, 0.5) is 11.4 Å². The first-order chi connectivity index (χ1) is 26.0. The molecule has 4 heterocycles. The predicted molar refractivity (Wildman–Crippen MR) is 210 cm³/mol. The summed E-state index contributed by atoms with van der Waals surface area (Å²) >= 11 is 6.66. The normalized spacial score (nSPS) is 15.9. The van der Waals surface area contributed by atoms with Crippen molar-refractivity contribution in [2.24, 2.45) is 14.1 Å². The SMILES string of the molecule is Cc1c(N(C(=O)c2cc(-c3cc(Cl)ccc3C(=O)N3Cc4ccccc4C[C@H]3CCCN3CCOCC3)n(C)c2C)c2ccc(O)cc2)cc(C#N)n1C. The van der Waals surface area contributed by atoms with Gasteiger partial charge in [-0.2, -0.15) is 5.26 Å². The molecule has 1 saturated heterocycles. The summed E-state index contributed by atoms with van der Waals surface area (Å²) in [7, 11) is 3.67. The molecule has 0 spiro atoms. The molecule has 54 heavy (non-hydrogen) atoms. The summed E-state index contributed by atoms with van der Waals surface area (Å²) in [6.45, 7) is 8.60. The Kier molecular flexibility index (Phi) is 10.7. The van der Waals surface area contributed by atoms with Crippen LogP contribution in [-0.4, -0.2) is 74.7 Å². The van der Waals surface area contributed by atoms with Crippen molar-refractivity contribution in [1.29, 1.82) is 5.26 Å². The summed E-state index contributed by atoms with van der Waals surface area (Å²) in [4.78, 5) is 35.6. The summed E-state index contributed by atoms with van der Waals surface area (Å²) in [5.74, 6) is -0.323. The number of anilines is 2. The number of fused-ring (bicyclic) bond motifs is 1. The van der Waals surface area contributed by atoms with Gasteiger partial charge in [-0.3, -0.25) is 19.4 Å². The van der Waals surface area contributed by atoms with Gasteiger partial charge in [0.15, 0.2) is 0 Å². The van der Waals surface area contributed by atoms with Crippen LogP contribution in [0.5, 0.6) is 5.75 Å². The molecule has 10 nitrogen and oxygen atoms in total. The van der Waals surface area contributed by atoms with Gasteiger partial charge in [0.05, 0.1) is 24.5 Å². The topological polar surface area (TPSA) is 107 Å². The molecule has 11 heteroatoms. The van der Waals surface area contributed by atoms with Crippen molar-refractivity contribution in [3.8, 4) is 23.1 Å². The Labute approximate surface area is 321 Å². The summed E-state index contributed by atoms with van der Waals surface area (Å²) < 4.78 is 9.22. The number of phenols is 1. The lowest BCUT2D eigenvalue weighted by molar-refractivity contribution is 0.0353. The number of benzene rings is 3. The number of aromatic nitrogens is 2. The third-order valence-electron chi connectivity index (χ3n) is 11.2. The van der Waals surface area contributed by atoms with E-state index >= 15 is 0 Å². The number of hydrogen-bond acceptors (Lipinski definition) is 6. The lowest BCUT2D eigenvalue weighted by Crippen LogP contribution is -2.45. The minimum atomic E-state index is -0.318. The van der Waals surface area contributed by atoms with Crippen LogP contribution in [0.2, 0.25) is 5.02 Å². The number of rotatable bonds is 9. The van der Waals surface area contributed by atoms with E-state index < -0.39 is 0 Å². The Morgan fingerprint density at radius 2 is 1.65 bits per heavy atom. The fraction of sp³-hybridized carbons (Fsp3) is 0.326. The van der Waals surface area contributed by atoms with E-state index in [4.69, 9.17) is 16.3 Å². The number of morpholine rings is 1. The Bertz CT molecular complexity index is 2240. The van der Waals surface area contributed by atoms with Crippen LogP contribution in [0.1, 0.15) is 61.8 Å². The molecule has 0 unspecified atom stereocenters. The van der Waals surface area contributed by atoms with E-state index in [2.05, 4.69) is 29.2 Å². The van der Waals surface area contributed by atoms with Gasteiger partial charge in [0.25, 0.3) is 11.8 Å². The molecule has 0 bridgehead atoms. The molecule has 0 saturated carbocycles. The third kappa shape index (κ3) is 7.15. The molecule has 2 amide bonds. The summed E-state index contributed by atoms with van der Waals surface area (Å²) in [5.41, 5.74) is 7.61. The minimum Gasteiger partial charge on any atom is -0.508 e. The van der Waals surface area contributed by atoms with Crippen molar-refractivity contribution >= 4 is 34.8 Å². The molecule has 0 aliphatic carbocycles. The molecular formula is C43H45ClN6O4. The largest absolute Gasteiger partial charge is 0.508 e. The quantitative estimate of drug-likeness (QED) is 0.167. The van der Waals surface area contributed by atoms with Crippen LogP contribution in [0.25, 0.3) is 11.3 Å². The van der Waals surface area contributed by atoms with Crippen molar-refractivity contribution in [3.63, 3.8) is 0 Å². The second-order valence-electron chi connectivity index (χ2n) is 14.3. The highest BCUT2D eigenvalue weighted by atomic mass is 35.5. The summed E-state index contributed by atoms with van der Waals surface area (Å²) in [5, 5.41) is 20.3. The van der Waals surface area contributed by atoms with Crippen LogP contribution in [0, 0.1) is 25.2 Å². The number of carbonyl (C=O) groups excluding carboxylic acids is 2. The predicted octanol–water partition coefficient (Wildman–Crippen LogP) is 7.54. The van der Waals surface area contributed by atoms with Crippen LogP contribution in [0.15, 0.2) is 78.9 Å². The molecule has 1 N–H and O–H groups in total. The molecule has 1 atom stereocenters. The molecule has 5 aromatic rings. The second kappa shape index (κ2) is 15.6. The number of aromatic hydroxyl groups is 1. The zero-order valence-electron chi connectivity index (χ0n) is 31.2. The first-order valence-electron chi connectivity index (χ1n) is 18.4. The van der Waals surface area contributed by atoms with E-state index in [1.165, 1.54) is 17.7 Å². The monoisotopic (exact) mass is 744 g/mol. The van der Waals surface area contributed by atoms with Gasteiger partial charge in [0.2, 0.25) is 0 Å². The summed E-state index contributed by atoms with van der Waals surface area (Å²) in [6, 6.07) is 25.9. The van der Waals surface area contributed by atoms with Crippen molar-refractivity contribution in [2.75, 3.05) is 37.7 Å². The van der Waals surface area contributed by atoms with E-state index in [1.807, 2.05) is 42.5 Å². The van der Waals surface area contributed by atoms with Crippen molar-refractivity contribution in [1.82, 2.24) is 18.9 Å². The highest BCUT2D eigenvalue weighted by Gasteiger charge is 2.33. The Morgan fingerprint density at radius 3 is 2.35 bits per heavy atom. The number of nitrogens with zero attached hydrogens (tertiary/aromatic N) is 6. The standard InChI is InChI=1S/C43H45ClN6O4/c1-28-38(43(53)50(33-12-14-36(51)15-13-33)40-24-35(26-45)46(3)29(40)2)25-41(47(28)4)39-23-32(44)11-16-37(39)42(52)49-27-31-9-6-5-8-30(31)22-34(49)10-7-17-48-18-20-54-21-19-48/h5-6,8-9,11-16,23-25,34,51H,7,10,17-22,27H2,1-4H3/t34-/m1/s1. The zero-order valence-corrected chi connectivity index (χ0v) is 31.9. The van der Waals surface area contributed by atoms with Crippen LogP contribution < -0.4 is 4.90 Å². The molecule has 0 radical (unpaired) electrons. The van der Waals surface area contributed by atoms with Gasteiger partial charge in [-0.15, -0.1) is 0 Å². The van der Waals surface area contributed by atoms with Crippen LogP contribution in [0.3, 0.4) is 0 Å².